The van der Waals surface area contributed by atoms with Gasteiger partial charge in [0.05, 0.1) is 12.7 Å². The lowest BCUT2D eigenvalue weighted by molar-refractivity contribution is -0.719. The van der Waals surface area contributed by atoms with Crippen molar-refractivity contribution in [2.45, 2.75) is 38.6 Å². The van der Waals surface area contributed by atoms with E-state index in [9.17, 15) is 9.00 Å². The van der Waals surface area contributed by atoms with Gasteiger partial charge in [0, 0.05) is 42.4 Å². The van der Waals surface area contributed by atoms with Crippen molar-refractivity contribution in [1.82, 2.24) is 0 Å². The Hall–Kier alpha value is -2.77. The summed E-state index contributed by atoms with van der Waals surface area (Å²) in [5, 5.41) is 0.873. The summed E-state index contributed by atoms with van der Waals surface area (Å²) in [5.41, 5.74) is 2.59. The quantitative estimate of drug-likeness (QED) is 0.384. The highest BCUT2D eigenvalue weighted by molar-refractivity contribution is 7.80. The fraction of sp³-hybridized carbons (Fsp3) is 0.333. The highest BCUT2D eigenvalue weighted by Crippen LogP contribution is 2.22. The van der Waals surface area contributed by atoms with Crippen LogP contribution in [0.2, 0.25) is 0 Å². The van der Waals surface area contributed by atoms with Gasteiger partial charge >= 0.3 is 5.63 Å². The fourth-order valence-electron chi connectivity index (χ4n) is 3.48. The predicted octanol–water partition coefficient (Wildman–Crippen LogP) is 4.35. The first-order valence-electron chi connectivity index (χ1n) is 10.4. The summed E-state index contributed by atoms with van der Waals surface area (Å²) in [6.07, 6.45) is 5.42. The average Bonchev–Trinajstić information content (AvgIpc) is 2.77. The second-order valence-electron chi connectivity index (χ2n) is 7.41. The second kappa shape index (κ2) is 10.0. The first kappa shape index (κ1) is 22.9. The molecule has 0 spiro atoms. The van der Waals surface area contributed by atoms with Gasteiger partial charge in [0.1, 0.15) is 10.5 Å². The first-order chi connectivity index (χ1) is 14.9. The van der Waals surface area contributed by atoms with Gasteiger partial charge in [-0.1, -0.05) is 0 Å². The van der Waals surface area contributed by atoms with Gasteiger partial charge in [-0.15, -0.1) is 0 Å². The van der Waals surface area contributed by atoms with Crippen LogP contribution >= 0.6 is 0 Å². The van der Waals surface area contributed by atoms with Crippen LogP contribution in [-0.4, -0.2) is 24.4 Å². The van der Waals surface area contributed by atoms with Gasteiger partial charge < -0.3 is 9.32 Å². The molecule has 0 bridgehead atoms. The minimum atomic E-state index is -1.51. The molecule has 0 amide bonds. The lowest BCUT2D eigenvalue weighted by atomic mass is 10.1. The van der Waals surface area contributed by atoms with E-state index in [1.165, 1.54) is 7.11 Å². The molecule has 1 unspecified atom stereocenters. The number of aromatic nitrogens is 1. The minimum absolute atomic E-state index is 0.139. The van der Waals surface area contributed by atoms with Crippen LogP contribution in [0.25, 0.3) is 23.1 Å². The summed E-state index contributed by atoms with van der Waals surface area (Å²) in [6, 6.07) is 11.5. The maximum Gasteiger partial charge on any atom is 0.343 e. The maximum atomic E-state index is 12.6. The third-order valence-corrected chi connectivity index (χ3v) is 6.12. The lowest BCUT2D eigenvalue weighted by Gasteiger charge is -2.20. The van der Waals surface area contributed by atoms with Crippen LogP contribution in [0.5, 0.6) is 0 Å². The largest absolute Gasteiger partial charge is 0.422 e. The fourth-order valence-corrected chi connectivity index (χ4v) is 4.06. The smallest absolute Gasteiger partial charge is 0.343 e. The summed E-state index contributed by atoms with van der Waals surface area (Å²) in [7, 11) is 1.41. The SMILES string of the molecule is CCN(CC)c1ccc2cc(/C=C/c3ccc(S(=O)OC)c[n+]3C(C)C)c(=O)oc2c1. The molecule has 3 rings (SSSR count). The number of anilines is 1. The monoisotopic (exact) mass is 441 g/mol. The minimum Gasteiger partial charge on any atom is -0.422 e. The van der Waals surface area contributed by atoms with E-state index < -0.39 is 11.1 Å². The first-order valence-corrected chi connectivity index (χ1v) is 11.5. The molecule has 164 valence electrons. The lowest BCUT2D eigenvalue weighted by Crippen LogP contribution is -2.39. The molecular weight excluding hydrogens is 412 g/mol. The normalized spacial score (nSPS) is 12.7. The van der Waals surface area contributed by atoms with Crippen LogP contribution in [0.15, 0.2) is 56.7 Å². The predicted molar refractivity (Wildman–Crippen MR) is 125 cm³/mol. The molecule has 0 saturated carbocycles. The van der Waals surface area contributed by atoms with Crippen LogP contribution in [0.3, 0.4) is 0 Å². The van der Waals surface area contributed by atoms with E-state index in [0.29, 0.717) is 16.0 Å². The van der Waals surface area contributed by atoms with Gasteiger partial charge in [-0.3, -0.25) is 4.18 Å². The number of pyridine rings is 1. The Morgan fingerprint density at radius 2 is 1.87 bits per heavy atom. The highest BCUT2D eigenvalue weighted by Gasteiger charge is 2.17. The van der Waals surface area contributed by atoms with Crippen LogP contribution in [0, 0.1) is 0 Å². The van der Waals surface area contributed by atoms with Crippen molar-refractivity contribution in [3.63, 3.8) is 0 Å². The van der Waals surface area contributed by atoms with Gasteiger partial charge in [0.25, 0.3) is 0 Å². The Labute approximate surface area is 185 Å². The molecule has 0 N–H and O–H groups in total. The van der Waals surface area contributed by atoms with Crippen LogP contribution in [-0.2, 0) is 15.3 Å². The van der Waals surface area contributed by atoms with E-state index >= 15 is 0 Å². The molecule has 0 aliphatic carbocycles. The Bertz CT molecular complexity index is 1180. The second-order valence-corrected chi connectivity index (χ2v) is 8.68. The number of nitrogens with zero attached hydrogens (tertiary/aromatic N) is 2. The maximum absolute atomic E-state index is 12.6. The van der Waals surface area contributed by atoms with Crippen molar-refractivity contribution in [2.75, 3.05) is 25.1 Å². The van der Waals surface area contributed by atoms with E-state index in [4.69, 9.17) is 8.60 Å². The Morgan fingerprint density at radius 1 is 1.13 bits per heavy atom. The molecule has 2 heterocycles. The summed E-state index contributed by atoms with van der Waals surface area (Å²) >= 11 is -1.51. The molecule has 2 aromatic heterocycles. The molecule has 1 aromatic carbocycles. The van der Waals surface area contributed by atoms with Crippen LogP contribution < -0.4 is 15.1 Å². The number of hydrogen-bond donors (Lipinski definition) is 0. The van der Waals surface area contributed by atoms with Gasteiger partial charge in [-0.05, 0) is 58.0 Å². The standard InChI is InChI=1S/C24H29N2O4S/c1-6-25(7-2)21-11-8-18-14-19(24(27)30-23(18)15-21)9-10-20-12-13-22(31(28)29-5)16-26(20)17(3)4/h8-17H,6-7H2,1-5H3/q+1. The van der Waals surface area contributed by atoms with Gasteiger partial charge in [0.15, 0.2) is 23.3 Å². The van der Waals surface area contributed by atoms with Gasteiger partial charge in [-0.25, -0.2) is 9.00 Å². The average molecular weight is 442 g/mol. The van der Waals surface area contributed by atoms with E-state index in [-0.39, 0.29) is 11.7 Å². The van der Waals surface area contributed by atoms with Crippen molar-refractivity contribution in [1.29, 1.82) is 0 Å². The van der Waals surface area contributed by atoms with Crippen molar-refractivity contribution < 1.29 is 17.4 Å². The van der Waals surface area contributed by atoms with E-state index in [1.54, 1.807) is 12.1 Å². The summed E-state index contributed by atoms with van der Waals surface area (Å²) in [6.45, 7) is 10.0. The van der Waals surface area contributed by atoms with E-state index in [1.807, 2.05) is 61.0 Å². The molecule has 0 aliphatic heterocycles. The Kier molecular flexibility index (Phi) is 7.41. The molecule has 3 aromatic rings. The third-order valence-electron chi connectivity index (χ3n) is 5.19. The molecule has 0 fully saturated rings. The van der Waals surface area contributed by atoms with Crippen molar-refractivity contribution >= 4 is 39.9 Å². The number of rotatable bonds is 8. The molecule has 0 radical (unpaired) electrons. The Morgan fingerprint density at radius 3 is 2.52 bits per heavy atom. The van der Waals surface area contributed by atoms with Crippen molar-refractivity contribution in [3.8, 4) is 0 Å². The molecule has 7 heteroatoms. The number of fused-ring (bicyclic) bond motifs is 1. The topological polar surface area (TPSA) is 63.6 Å². The summed E-state index contributed by atoms with van der Waals surface area (Å²) in [4.78, 5) is 15.4. The molecular formula is C24H29N2O4S+. The summed E-state index contributed by atoms with van der Waals surface area (Å²) in [5.74, 6) is 0. The number of benzene rings is 1. The zero-order chi connectivity index (χ0) is 22.5. The molecule has 31 heavy (non-hydrogen) atoms. The van der Waals surface area contributed by atoms with Crippen molar-refractivity contribution in [2.24, 2.45) is 0 Å². The van der Waals surface area contributed by atoms with Crippen molar-refractivity contribution in [3.05, 3.63) is 64.3 Å². The molecule has 0 saturated heterocycles. The van der Waals surface area contributed by atoms with Crippen LogP contribution in [0.1, 0.15) is 45.0 Å². The Balaban J connectivity index is 1.97. The number of hydrogen-bond acceptors (Lipinski definition) is 5. The molecule has 0 aliphatic rings. The zero-order valence-electron chi connectivity index (χ0n) is 18.6. The highest BCUT2D eigenvalue weighted by atomic mass is 32.2. The van der Waals surface area contributed by atoms with Gasteiger partial charge in [-0.2, -0.15) is 4.57 Å². The van der Waals surface area contributed by atoms with E-state index in [0.717, 1.165) is 29.9 Å². The zero-order valence-corrected chi connectivity index (χ0v) is 19.4. The van der Waals surface area contributed by atoms with Crippen LogP contribution in [0.4, 0.5) is 5.69 Å². The summed E-state index contributed by atoms with van der Waals surface area (Å²) < 4.78 is 24.5. The van der Waals surface area contributed by atoms with E-state index in [2.05, 4.69) is 18.7 Å². The van der Waals surface area contributed by atoms with Gasteiger partial charge in [0.2, 0.25) is 5.69 Å². The third kappa shape index (κ3) is 5.11. The molecule has 6 nitrogen and oxygen atoms in total. The molecule has 1 atom stereocenters.